The lowest BCUT2D eigenvalue weighted by molar-refractivity contribution is -0.0265. The lowest BCUT2D eigenvalue weighted by Gasteiger charge is -2.34. The maximum absolute atomic E-state index is 12.7. The molecule has 5 heteroatoms. The minimum atomic E-state index is -0.564. The maximum atomic E-state index is 12.7. The molecule has 0 spiro atoms. The molecule has 0 amide bonds. The molecule has 0 saturated carbocycles. The second kappa shape index (κ2) is 6.84. The first kappa shape index (κ1) is 14.2. The highest BCUT2D eigenvalue weighted by Gasteiger charge is 2.21. The van der Waals surface area contributed by atoms with Crippen molar-refractivity contribution in [1.29, 1.82) is 0 Å². The first-order chi connectivity index (χ1) is 9.15. The molecule has 106 valence electrons. The van der Waals surface area contributed by atoms with E-state index in [1.165, 1.54) is 12.1 Å². The second-order valence-corrected chi connectivity index (χ2v) is 4.84. The summed E-state index contributed by atoms with van der Waals surface area (Å²) in [6.45, 7) is 5.07. The van der Waals surface area contributed by atoms with Gasteiger partial charge in [-0.3, -0.25) is 4.90 Å². The van der Waals surface area contributed by atoms with Crippen molar-refractivity contribution in [2.75, 3.05) is 32.9 Å². The van der Waals surface area contributed by atoms with Crippen LogP contribution in [0.3, 0.4) is 0 Å². The van der Waals surface area contributed by atoms with Crippen molar-refractivity contribution in [2.45, 2.75) is 19.1 Å². The molecule has 19 heavy (non-hydrogen) atoms. The van der Waals surface area contributed by atoms with Crippen molar-refractivity contribution < 1.29 is 19.0 Å². The summed E-state index contributed by atoms with van der Waals surface area (Å²) in [5.74, 6) is 0.269. The van der Waals surface area contributed by atoms with Crippen molar-refractivity contribution in [3.05, 3.63) is 30.1 Å². The standard InChI is InChI=1S/C14H20FNO3/c1-11-9-18-7-6-16(11)8-13(17)10-19-14-4-2-12(15)3-5-14/h2-5,11,13,17H,6-10H2,1H3/t11-,13-/m1/s1. The first-order valence-corrected chi connectivity index (χ1v) is 6.53. The zero-order chi connectivity index (χ0) is 13.7. The number of β-amino-alcohol motifs (C(OH)–C–C–N with tert-alkyl or cyclic N) is 1. The van der Waals surface area contributed by atoms with Gasteiger partial charge in [0.25, 0.3) is 0 Å². The molecule has 1 heterocycles. The number of aliphatic hydroxyl groups excluding tert-OH is 1. The molecule has 2 rings (SSSR count). The topological polar surface area (TPSA) is 41.9 Å². The third-order valence-corrected chi connectivity index (χ3v) is 3.21. The van der Waals surface area contributed by atoms with Gasteiger partial charge in [-0.2, -0.15) is 0 Å². The zero-order valence-electron chi connectivity index (χ0n) is 11.1. The largest absolute Gasteiger partial charge is 0.491 e. The number of rotatable bonds is 5. The van der Waals surface area contributed by atoms with E-state index in [1.807, 2.05) is 0 Å². The molecule has 1 N–H and O–H groups in total. The van der Waals surface area contributed by atoms with Gasteiger partial charge in [0, 0.05) is 19.1 Å². The third kappa shape index (κ3) is 4.45. The summed E-state index contributed by atoms with van der Waals surface area (Å²) in [5, 5.41) is 9.95. The van der Waals surface area contributed by atoms with E-state index in [1.54, 1.807) is 12.1 Å². The van der Waals surface area contributed by atoms with Gasteiger partial charge < -0.3 is 14.6 Å². The Morgan fingerprint density at radius 3 is 2.89 bits per heavy atom. The highest BCUT2D eigenvalue weighted by atomic mass is 19.1. The van der Waals surface area contributed by atoms with E-state index in [0.717, 1.165) is 6.54 Å². The van der Waals surface area contributed by atoms with Crippen molar-refractivity contribution in [2.24, 2.45) is 0 Å². The molecule has 1 aliphatic heterocycles. The van der Waals surface area contributed by atoms with Gasteiger partial charge in [-0.05, 0) is 31.2 Å². The zero-order valence-corrected chi connectivity index (χ0v) is 11.1. The van der Waals surface area contributed by atoms with Gasteiger partial charge in [0.05, 0.1) is 13.2 Å². The molecule has 1 aliphatic rings. The quantitative estimate of drug-likeness (QED) is 0.874. The SMILES string of the molecule is C[C@@H]1COCCN1C[C@@H](O)COc1ccc(F)cc1. The van der Waals surface area contributed by atoms with E-state index in [0.29, 0.717) is 31.5 Å². The summed E-state index contributed by atoms with van der Waals surface area (Å²) in [5.41, 5.74) is 0. The first-order valence-electron chi connectivity index (χ1n) is 6.53. The van der Waals surface area contributed by atoms with Crippen LogP contribution in [0.5, 0.6) is 5.75 Å². The summed E-state index contributed by atoms with van der Waals surface area (Å²) in [4.78, 5) is 2.18. The Labute approximate surface area is 112 Å². The highest BCUT2D eigenvalue weighted by Crippen LogP contribution is 2.12. The van der Waals surface area contributed by atoms with Gasteiger partial charge in [0.2, 0.25) is 0 Å². The molecule has 0 unspecified atom stereocenters. The van der Waals surface area contributed by atoms with Gasteiger partial charge in [-0.15, -0.1) is 0 Å². The molecule has 1 aromatic carbocycles. The van der Waals surface area contributed by atoms with Crippen LogP contribution in [-0.4, -0.2) is 55.1 Å². The van der Waals surface area contributed by atoms with Crippen LogP contribution in [0.25, 0.3) is 0 Å². The van der Waals surface area contributed by atoms with Crippen molar-refractivity contribution in [1.82, 2.24) is 4.90 Å². The molecule has 1 saturated heterocycles. The molecular weight excluding hydrogens is 249 g/mol. The van der Waals surface area contributed by atoms with E-state index >= 15 is 0 Å². The van der Waals surface area contributed by atoms with Crippen LogP contribution in [-0.2, 0) is 4.74 Å². The highest BCUT2D eigenvalue weighted by molar-refractivity contribution is 5.22. The number of hydrogen-bond acceptors (Lipinski definition) is 4. The molecule has 1 fully saturated rings. The van der Waals surface area contributed by atoms with E-state index in [2.05, 4.69) is 11.8 Å². The fourth-order valence-corrected chi connectivity index (χ4v) is 2.08. The summed E-state index contributed by atoms with van der Waals surface area (Å²) in [7, 11) is 0. The Hall–Kier alpha value is -1.17. The lowest BCUT2D eigenvalue weighted by Crippen LogP contribution is -2.47. The van der Waals surface area contributed by atoms with E-state index in [9.17, 15) is 9.50 Å². The minimum absolute atomic E-state index is 0.204. The maximum Gasteiger partial charge on any atom is 0.123 e. The van der Waals surface area contributed by atoms with Crippen LogP contribution in [0, 0.1) is 5.82 Å². The summed E-state index contributed by atoms with van der Waals surface area (Å²) >= 11 is 0. The van der Waals surface area contributed by atoms with Gasteiger partial charge in [-0.1, -0.05) is 0 Å². The van der Waals surface area contributed by atoms with E-state index in [4.69, 9.17) is 9.47 Å². The van der Waals surface area contributed by atoms with Crippen molar-refractivity contribution in [3.63, 3.8) is 0 Å². The van der Waals surface area contributed by atoms with Crippen LogP contribution in [0.2, 0.25) is 0 Å². The molecule has 4 nitrogen and oxygen atoms in total. The smallest absolute Gasteiger partial charge is 0.123 e. The van der Waals surface area contributed by atoms with E-state index < -0.39 is 6.10 Å². The molecular formula is C14H20FNO3. The average Bonchev–Trinajstić information content (AvgIpc) is 2.41. The van der Waals surface area contributed by atoms with Crippen LogP contribution < -0.4 is 4.74 Å². The van der Waals surface area contributed by atoms with Gasteiger partial charge in [0.1, 0.15) is 24.3 Å². The summed E-state index contributed by atoms with van der Waals surface area (Å²) < 4.78 is 23.5. The number of ether oxygens (including phenoxy) is 2. The Balaban J connectivity index is 1.74. The predicted molar refractivity (Wildman–Crippen MR) is 69.8 cm³/mol. The van der Waals surface area contributed by atoms with Crippen LogP contribution >= 0.6 is 0 Å². The summed E-state index contributed by atoms with van der Waals surface area (Å²) in [6, 6.07) is 6.10. The fourth-order valence-electron chi connectivity index (χ4n) is 2.08. The van der Waals surface area contributed by atoms with Gasteiger partial charge in [0.15, 0.2) is 0 Å². The molecule has 0 aromatic heterocycles. The van der Waals surface area contributed by atoms with Crippen molar-refractivity contribution >= 4 is 0 Å². The Bertz CT molecular complexity index is 385. The number of morpholine rings is 1. The number of aliphatic hydroxyl groups is 1. The summed E-state index contributed by atoms with van der Waals surface area (Å²) in [6.07, 6.45) is -0.564. The van der Waals surface area contributed by atoms with Crippen LogP contribution in [0.1, 0.15) is 6.92 Å². The van der Waals surface area contributed by atoms with Crippen molar-refractivity contribution in [3.8, 4) is 5.75 Å². The number of nitrogens with zero attached hydrogens (tertiary/aromatic N) is 1. The number of hydrogen-bond donors (Lipinski definition) is 1. The minimum Gasteiger partial charge on any atom is -0.491 e. The van der Waals surface area contributed by atoms with Gasteiger partial charge in [-0.25, -0.2) is 4.39 Å². The Kier molecular flexibility index (Phi) is 5.13. The fraction of sp³-hybridized carbons (Fsp3) is 0.571. The molecule has 2 atom stereocenters. The number of halogens is 1. The molecule has 0 bridgehead atoms. The lowest BCUT2D eigenvalue weighted by atomic mass is 10.2. The van der Waals surface area contributed by atoms with Crippen LogP contribution in [0.15, 0.2) is 24.3 Å². The Morgan fingerprint density at radius 2 is 2.21 bits per heavy atom. The number of benzene rings is 1. The van der Waals surface area contributed by atoms with Crippen LogP contribution in [0.4, 0.5) is 4.39 Å². The Morgan fingerprint density at radius 1 is 1.47 bits per heavy atom. The normalized spacial score (nSPS) is 22.2. The second-order valence-electron chi connectivity index (χ2n) is 4.84. The average molecular weight is 269 g/mol. The molecule has 1 aromatic rings. The predicted octanol–water partition coefficient (Wildman–Crippen LogP) is 1.29. The molecule has 0 aliphatic carbocycles. The monoisotopic (exact) mass is 269 g/mol. The van der Waals surface area contributed by atoms with E-state index in [-0.39, 0.29) is 12.4 Å². The third-order valence-electron chi connectivity index (χ3n) is 3.21. The van der Waals surface area contributed by atoms with Gasteiger partial charge >= 0.3 is 0 Å². The molecule has 0 radical (unpaired) electrons.